The van der Waals surface area contributed by atoms with Crippen LogP contribution in [0.5, 0.6) is 5.75 Å². The molecule has 0 radical (unpaired) electrons. The number of aromatic nitrogens is 1. The monoisotopic (exact) mass is 235 g/mol. The maximum Gasteiger partial charge on any atom is 0.338 e. The highest BCUT2D eigenvalue weighted by atomic mass is 16.5. The Labute approximate surface area is 97.9 Å². The number of nitrogens with zero attached hydrogens (tertiary/aromatic N) is 1. The van der Waals surface area contributed by atoms with Gasteiger partial charge in [0.15, 0.2) is 6.10 Å². The summed E-state index contributed by atoms with van der Waals surface area (Å²) in [5, 5.41) is 19.2. The number of carboxylic acid groups (broad SMARTS) is 1. The molecule has 0 aliphatic carbocycles. The fourth-order valence-electron chi connectivity index (χ4n) is 1.86. The number of carbonyl (C=O) groups is 1. The Morgan fingerprint density at radius 1 is 1.41 bits per heavy atom. The summed E-state index contributed by atoms with van der Waals surface area (Å²) < 4.78 is 6.75. The van der Waals surface area contributed by atoms with Crippen LogP contribution in [0.15, 0.2) is 24.3 Å². The van der Waals surface area contributed by atoms with Gasteiger partial charge in [-0.05, 0) is 24.3 Å². The minimum Gasteiger partial charge on any atom is -0.497 e. The van der Waals surface area contributed by atoms with Gasteiger partial charge in [-0.1, -0.05) is 0 Å². The van der Waals surface area contributed by atoms with Gasteiger partial charge in [-0.2, -0.15) is 0 Å². The summed E-state index contributed by atoms with van der Waals surface area (Å²) in [5.41, 5.74) is 1.20. The normalized spacial score (nSPS) is 12.6. The van der Waals surface area contributed by atoms with Crippen molar-refractivity contribution >= 4 is 16.9 Å². The molecule has 0 bridgehead atoms. The average Bonchev–Trinajstić information content (AvgIpc) is 2.65. The van der Waals surface area contributed by atoms with E-state index in [1.165, 1.54) is 0 Å². The maximum atomic E-state index is 10.8. The molecule has 1 aromatic heterocycles. The van der Waals surface area contributed by atoms with Gasteiger partial charge in [0.1, 0.15) is 5.75 Å². The molecule has 1 heterocycles. The van der Waals surface area contributed by atoms with Gasteiger partial charge in [-0.25, -0.2) is 4.79 Å². The summed E-state index contributed by atoms with van der Waals surface area (Å²) in [5.74, 6) is -0.567. The molecule has 0 saturated carbocycles. The lowest BCUT2D eigenvalue weighted by molar-refractivity contribution is -0.147. The van der Waals surface area contributed by atoms with Crippen LogP contribution in [0.3, 0.4) is 0 Å². The number of benzene rings is 1. The quantitative estimate of drug-likeness (QED) is 0.841. The van der Waals surface area contributed by atoms with Crippen molar-refractivity contribution in [2.24, 2.45) is 7.05 Å². The van der Waals surface area contributed by atoms with Crippen LogP contribution in [0.1, 0.15) is 11.8 Å². The number of carboxylic acids is 1. The number of aliphatic hydroxyl groups is 1. The van der Waals surface area contributed by atoms with Crippen LogP contribution < -0.4 is 4.74 Å². The zero-order valence-electron chi connectivity index (χ0n) is 9.54. The fraction of sp³-hybridized carbons (Fsp3) is 0.250. The van der Waals surface area contributed by atoms with Gasteiger partial charge < -0.3 is 19.5 Å². The number of ether oxygens (including phenoxy) is 1. The van der Waals surface area contributed by atoms with Crippen LogP contribution in [-0.4, -0.2) is 27.9 Å². The minimum atomic E-state index is -1.52. The molecule has 5 nitrogen and oxygen atoms in total. The summed E-state index contributed by atoms with van der Waals surface area (Å²) in [6, 6.07) is 7.07. The predicted molar refractivity (Wildman–Crippen MR) is 62.1 cm³/mol. The second kappa shape index (κ2) is 4.10. The molecule has 2 rings (SSSR count). The Hall–Kier alpha value is -2.01. The first-order valence-corrected chi connectivity index (χ1v) is 5.09. The van der Waals surface area contributed by atoms with Crippen molar-refractivity contribution in [3.05, 3.63) is 30.0 Å². The first-order valence-electron chi connectivity index (χ1n) is 5.09. The van der Waals surface area contributed by atoms with Crippen LogP contribution in [0.25, 0.3) is 10.9 Å². The van der Waals surface area contributed by atoms with Gasteiger partial charge in [0.25, 0.3) is 0 Å². The second-order valence-electron chi connectivity index (χ2n) is 3.79. The molecule has 0 fully saturated rings. The minimum absolute atomic E-state index is 0.348. The second-order valence-corrected chi connectivity index (χ2v) is 3.79. The van der Waals surface area contributed by atoms with Crippen LogP contribution in [0.4, 0.5) is 0 Å². The molecule has 2 aromatic rings. The van der Waals surface area contributed by atoms with Crippen molar-refractivity contribution in [3.8, 4) is 5.75 Å². The van der Waals surface area contributed by atoms with E-state index in [0.717, 1.165) is 10.9 Å². The SMILES string of the molecule is COc1ccc2c(c1)cc(C(O)C(=O)O)n2C. The zero-order chi connectivity index (χ0) is 12.6. The van der Waals surface area contributed by atoms with Gasteiger partial charge in [0.2, 0.25) is 0 Å². The van der Waals surface area contributed by atoms with Gasteiger partial charge >= 0.3 is 5.97 Å². The van der Waals surface area contributed by atoms with E-state index >= 15 is 0 Å². The van der Waals surface area contributed by atoms with E-state index in [0.29, 0.717) is 11.4 Å². The first-order chi connectivity index (χ1) is 8.04. The Morgan fingerprint density at radius 2 is 2.12 bits per heavy atom. The third kappa shape index (κ3) is 1.85. The van der Waals surface area contributed by atoms with Crippen molar-refractivity contribution in [2.75, 3.05) is 7.11 Å². The molecule has 0 aliphatic rings. The van der Waals surface area contributed by atoms with Crippen molar-refractivity contribution in [1.82, 2.24) is 4.57 Å². The predicted octanol–water partition coefficient (Wildman–Crippen LogP) is 1.30. The molecule has 0 aliphatic heterocycles. The average molecular weight is 235 g/mol. The van der Waals surface area contributed by atoms with Crippen LogP contribution >= 0.6 is 0 Å². The lowest BCUT2D eigenvalue weighted by Gasteiger charge is -2.07. The molecule has 90 valence electrons. The molecule has 0 saturated heterocycles. The number of hydrogen-bond acceptors (Lipinski definition) is 3. The largest absolute Gasteiger partial charge is 0.497 e. The van der Waals surface area contributed by atoms with E-state index in [9.17, 15) is 9.90 Å². The topological polar surface area (TPSA) is 71.7 Å². The molecule has 1 atom stereocenters. The molecule has 0 amide bonds. The molecule has 2 N–H and O–H groups in total. The van der Waals surface area contributed by atoms with Gasteiger partial charge in [-0.15, -0.1) is 0 Å². The van der Waals surface area contributed by atoms with Crippen molar-refractivity contribution in [2.45, 2.75) is 6.10 Å². The van der Waals surface area contributed by atoms with Crippen LogP contribution in [0.2, 0.25) is 0 Å². The van der Waals surface area contributed by atoms with E-state index in [4.69, 9.17) is 9.84 Å². The van der Waals surface area contributed by atoms with Crippen LogP contribution in [0, 0.1) is 0 Å². The molecule has 0 spiro atoms. The Bertz CT molecular complexity index is 573. The molecule has 17 heavy (non-hydrogen) atoms. The van der Waals surface area contributed by atoms with Crippen molar-refractivity contribution in [1.29, 1.82) is 0 Å². The summed E-state index contributed by atoms with van der Waals surface area (Å²) in [4.78, 5) is 10.8. The Balaban J connectivity index is 2.59. The lowest BCUT2D eigenvalue weighted by atomic mass is 10.2. The molecular formula is C12H13NO4. The molecular weight excluding hydrogens is 222 g/mol. The number of aliphatic carboxylic acids is 1. The van der Waals surface area contributed by atoms with E-state index in [2.05, 4.69) is 0 Å². The molecule has 1 unspecified atom stereocenters. The number of methoxy groups -OCH3 is 1. The summed E-state index contributed by atoms with van der Waals surface area (Å²) in [6.07, 6.45) is -1.52. The summed E-state index contributed by atoms with van der Waals surface area (Å²) in [6.45, 7) is 0. The lowest BCUT2D eigenvalue weighted by Crippen LogP contribution is -2.13. The highest BCUT2D eigenvalue weighted by Gasteiger charge is 2.20. The Morgan fingerprint density at radius 3 is 2.71 bits per heavy atom. The van der Waals surface area contributed by atoms with E-state index in [1.54, 1.807) is 36.9 Å². The van der Waals surface area contributed by atoms with Crippen molar-refractivity contribution < 1.29 is 19.7 Å². The first kappa shape index (κ1) is 11.5. The molecule has 5 heteroatoms. The van der Waals surface area contributed by atoms with E-state index in [1.807, 2.05) is 6.07 Å². The zero-order valence-corrected chi connectivity index (χ0v) is 9.54. The van der Waals surface area contributed by atoms with E-state index < -0.39 is 12.1 Å². The maximum absolute atomic E-state index is 10.8. The third-order valence-electron chi connectivity index (χ3n) is 2.80. The highest BCUT2D eigenvalue weighted by molar-refractivity contribution is 5.85. The number of rotatable bonds is 3. The Kier molecular flexibility index (Phi) is 2.77. The number of aryl methyl sites for hydroxylation is 1. The fourth-order valence-corrected chi connectivity index (χ4v) is 1.86. The third-order valence-corrected chi connectivity index (χ3v) is 2.80. The summed E-state index contributed by atoms with van der Waals surface area (Å²) >= 11 is 0. The highest BCUT2D eigenvalue weighted by Crippen LogP contribution is 2.26. The smallest absolute Gasteiger partial charge is 0.338 e. The molecule has 1 aromatic carbocycles. The van der Waals surface area contributed by atoms with Crippen molar-refractivity contribution in [3.63, 3.8) is 0 Å². The summed E-state index contributed by atoms with van der Waals surface area (Å²) in [7, 11) is 3.29. The van der Waals surface area contributed by atoms with Crippen LogP contribution in [-0.2, 0) is 11.8 Å². The standard InChI is InChI=1S/C12H13NO4/c1-13-9-4-3-8(17-2)5-7(9)6-10(13)11(14)12(15)16/h3-6,11,14H,1-2H3,(H,15,16). The number of hydrogen-bond donors (Lipinski definition) is 2. The van der Waals surface area contributed by atoms with Gasteiger partial charge in [0.05, 0.1) is 12.8 Å². The van der Waals surface area contributed by atoms with Gasteiger partial charge in [0, 0.05) is 18.0 Å². The van der Waals surface area contributed by atoms with Gasteiger partial charge in [-0.3, -0.25) is 0 Å². The number of aliphatic hydroxyl groups excluding tert-OH is 1. The number of fused-ring (bicyclic) bond motifs is 1. The van der Waals surface area contributed by atoms with E-state index in [-0.39, 0.29) is 0 Å².